The van der Waals surface area contributed by atoms with E-state index in [9.17, 15) is 4.79 Å². The molecule has 0 fully saturated rings. The van der Waals surface area contributed by atoms with Gasteiger partial charge in [0.1, 0.15) is 0 Å². The molecule has 1 aromatic rings. The number of methoxy groups -OCH3 is 1. The molecule has 0 saturated heterocycles. The predicted octanol–water partition coefficient (Wildman–Crippen LogP) is 1.19. The molecule has 1 rings (SSSR count). The Kier molecular flexibility index (Phi) is 5.61. The maximum atomic E-state index is 11.8. The van der Waals surface area contributed by atoms with Crippen molar-refractivity contribution in [2.24, 2.45) is 0 Å². The third kappa shape index (κ3) is 4.85. The molecular weight excluding hydrogens is 238 g/mol. The van der Waals surface area contributed by atoms with Crippen LogP contribution in [0, 0.1) is 0 Å². The summed E-state index contributed by atoms with van der Waals surface area (Å²) in [4.78, 5) is 11.8. The first-order valence-corrected chi connectivity index (χ1v) is 6.46. The molecule has 0 spiro atoms. The van der Waals surface area contributed by atoms with Gasteiger partial charge in [0.15, 0.2) is 0 Å². The molecule has 1 unspecified atom stereocenters. The van der Waals surface area contributed by atoms with Crippen molar-refractivity contribution in [2.75, 3.05) is 20.3 Å². The van der Waals surface area contributed by atoms with E-state index in [1.165, 1.54) is 0 Å². The van der Waals surface area contributed by atoms with Gasteiger partial charge < -0.3 is 15.2 Å². The first kappa shape index (κ1) is 14.2. The molecule has 5 heteroatoms. The van der Waals surface area contributed by atoms with Crippen LogP contribution in [0.5, 0.6) is 0 Å². The van der Waals surface area contributed by atoms with Crippen molar-refractivity contribution in [2.45, 2.75) is 25.3 Å². The van der Waals surface area contributed by atoms with E-state index in [-0.39, 0.29) is 12.5 Å². The average molecular weight is 257 g/mol. The molecule has 0 aliphatic heterocycles. The van der Waals surface area contributed by atoms with Crippen LogP contribution >= 0.6 is 11.3 Å². The number of amides is 1. The largest absolute Gasteiger partial charge is 0.396 e. The van der Waals surface area contributed by atoms with Crippen molar-refractivity contribution in [1.82, 2.24) is 5.32 Å². The van der Waals surface area contributed by atoms with Crippen molar-refractivity contribution in [3.05, 3.63) is 22.4 Å². The molecule has 2 N–H and O–H groups in total. The van der Waals surface area contributed by atoms with Crippen LogP contribution < -0.4 is 5.32 Å². The van der Waals surface area contributed by atoms with Crippen LogP contribution in [-0.4, -0.2) is 36.9 Å². The zero-order valence-corrected chi connectivity index (χ0v) is 11.0. The minimum absolute atomic E-state index is 0.0264. The Bertz CT molecular complexity index is 332. The molecule has 0 aromatic carbocycles. The number of thiophene rings is 1. The molecule has 0 saturated carbocycles. The zero-order valence-electron chi connectivity index (χ0n) is 10.2. The Morgan fingerprint density at radius 2 is 2.41 bits per heavy atom. The summed E-state index contributed by atoms with van der Waals surface area (Å²) < 4.78 is 5.07. The fourth-order valence-corrected chi connectivity index (χ4v) is 2.36. The van der Waals surface area contributed by atoms with Crippen LogP contribution in [0.25, 0.3) is 0 Å². The van der Waals surface area contributed by atoms with Crippen LogP contribution in [0.15, 0.2) is 16.8 Å². The number of nitrogens with one attached hydrogen (secondary N) is 1. The van der Waals surface area contributed by atoms with Crippen molar-refractivity contribution in [3.63, 3.8) is 0 Å². The fourth-order valence-electron chi connectivity index (χ4n) is 1.70. The molecule has 1 heterocycles. The Morgan fingerprint density at radius 1 is 1.65 bits per heavy atom. The highest BCUT2D eigenvalue weighted by molar-refractivity contribution is 7.07. The van der Waals surface area contributed by atoms with Gasteiger partial charge in [0.25, 0.3) is 0 Å². The average Bonchev–Trinajstić information content (AvgIpc) is 2.70. The summed E-state index contributed by atoms with van der Waals surface area (Å²) in [7, 11) is 1.58. The van der Waals surface area contributed by atoms with Crippen molar-refractivity contribution >= 4 is 17.2 Å². The second-order valence-electron chi connectivity index (χ2n) is 4.32. The van der Waals surface area contributed by atoms with Gasteiger partial charge in [-0.3, -0.25) is 4.79 Å². The number of aliphatic hydroxyl groups is 1. The van der Waals surface area contributed by atoms with Gasteiger partial charge in [-0.2, -0.15) is 11.3 Å². The number of rotatable bonds is 7. The van der Waals surface area contributed by atoms with Gasteiger partial charge >= 0.3 is 0 Å². The normalized spacial score (nSPS) is 14.3. The minimum atomic E-state index is -0.503. The van der Waals surface area contributed by atoms with E-state index >= 15 is 0 Å². The van der Waals surface area contributed by atoms with Gasteiger partial charge in [-0.15, -0.1) is 0 Å². The number of carbonyl (C=O) groups excluding carboxylic acids is 1. The number of aliphatic hydroxyl groups excluding tert-OH is 1. The molecular formula is C12H19NO3S. The maximum Gasteiger partial charge on any atom is 0.224 e. The summed E-state index contributed by atoms with van der Waals surface area (Å²) in [6, 6.07) is 1.93. The molecule has 0 aliphatic rings. The molecule has 0 aliphatic carbocycles. The summed E-state index contributed by atoms with van der Waals surface area (Å²) in [6.07, 6.45) is 0.852. The van der Waals surface area contributed by atoms with E-state index in [4.69, 9.17) is 9.84 Å². The van der Waals surface area contributed by atoms with Gasteiger partial charge in [-0.1, -0.05) is 0 Å². The van der Waals surface area contributed by atoms with Crippen molar-refractivity contribution in [3.8, 4) is 0 Å². The Morgan fingerprint density at radius 3 is 2.94 bits per heavy atom. The lowest BCUT2D eigenvalue weighted by Gasteiger charge is -2.29. The van der Waals surface area contributed by atoms with Crippen LogP contribution in [0.2, 0.25) is 0 Å². The summed E-state index contributed by atoms with van der Waals surface area (Å²) in [6.45, 7) is 2.29. The Hall–Kier alpha value is -0.910. The lowest BCUT2D eigenvalue weighted by molar-refractivity contribution is -0.123. The summed E-state index contributed by atoms with van der Waals surface area (Å²) in [5.41, 5.74) is 0.507. The number of carbonyl (C=O) groups is 1. The first-order chi connectivity index (χ1) is 8.09. The number of hydrogen-bond donors (Lipinski definition) is 2. The molecule has 4 nitrogen and oxygen atoms in total. The van der Waals surface area contributed by atoms with Gasteiger partial charge in [-0.05, 0) is 35.7 Å². The lowest BCUT2D eigenvalue weighted by atomic mass is 9.99. The lowest BCUT2D eigenvalue weighted by Crippen LogP contribution is -2.50. The molecule has 96 valence electrons. The second-order valence-corrected chi connectivity index (χ2v) is 5.10. The van der Waals surface area contributed by atoms with E-state index in [0.29, 0.717) is 19.4 Å². The third-order valence-electron chi connectivity index (χ3n) is 2.51. The van der Waals surface area contributed by atoms with E-state index in [2.05, 4.69) is 5.32 Å². The molecule has 1 atom stereocenters. The number of hydrogen-bond acceptors (Lipinski definition) is 4. The summed E-state index contributed by atoms with van der Waals surface area (Å²) >= 11 is 1.58. The van der Waals surface area contributed by atoms with Crippen LogP contribution in [0.3, 0.4) is 0 Å². The van der Waals surface area contributed by atoms with Crippen LogP contribution in [-0.2, 0) is 16.0 Å². The smallest absolute Gasteiger partial charge is 0.224 e. The quantitative estimate of drug-likeness (QED) is 0.771. The van der Waals surface area contributed by atoms with E-state index < -0.39 is 5.54 Å². The standard InChI is InChI=1S/C12H19NO3S/c1-12(4-5-14,9-16-2)13-11(15)7-10-3-6-17-8-10/h3,6,8,14H,4-5,7,9H2,1-2H3,(H,13,15). The van der Waals surface area contributed by atoms with Crippen molar-refractivity contribution in [1.29, 1.82) is 0 Å². The topological polar surface area (TPSA) is 58.6 Å². The molecule has 0 radical (unpaired) electrons. The van der Waals surface area contributed by atoms with Gasteiger partial charge in [0.05, 0.1) is 18.6 Å². The van der Waals surface area contributed by atoms with E-state index in [1.54, 1.807) is 18.4 Å². The SMILES string of the molecule is COCC(C)(CCO)NC(=O)Cc1ccsc1. The minimum Gasteiger partial charge on any atom is -0.396 e. The van der Waals surface area contributed by atoms with Crippen LogP contribution in [0.1, 0.15) is 18.9 Å². The van der Waals surface area contributed by atoms with Gasteiger partial charge in [0, 0.05) is 13.7 Å². The second kappa shape index (κ2) is 6.74. The Labute approximate surface area is 106 Å². The van der Waals surface area contributed by atoms with Gasteiger partial charge in [0.2, 0.25) is 5.91 Å². The molecule has 1 amide bonds. The highest BCUT2D eigenvalue weighted by atomic mass is 32.1. The highest BCUT2D eigenvalue weighted by Gasteiger charge is 2.25. The third-order valence-corrected chi connectivity index (χ3v) is 3.24. The zero-order chi connectivity index (χ0) is 12.7. The van der Waals surface area contributed by atoms with E-state index in [0.717, 1.165) is 5.56 Å². The monoisotopic (exact) mass is 257 g/mol. The predicted molar refractivity (Wildman–Crippen MR) is 68.1 cm³/mol. The van der Waals surface area contributed by atoms with E-state index in [1.807, 2.05) is 23.8 Å². The van der Waals surface area contributed by atoms with Crippen molar-refractivity contribution < 1.29 is 14.6 Å². The summed E-state index contributed by atoms with van der Waals surface area (Å²) in [5, 5.41) is 15.8. The fraction of sp³-hybridized carbons (Fsp3) is 0.583. The summed E-state index contributed by atoms with van der Waals surface area (Å²) in [5.74, 6) is -0.0450. The first-order valence-electron chi connectivity index (χ1n) is 5.51. The Balaban J connectivity index is 2.51. The molecule has 1 aromatic heterocycles. The molecule has 0 bridgehead atoms. The maximum absolute atomic E-state index is 11.8. The molecule has 17 heavy (non-hydrogen) atoms. The van der Waals surface area contributed by atoms with Gasteiger partial charge in [-0.25, -0.2) is 0 Å². The number of ether oxygens (including phenoxy) is 1. The van der Waals surface area contributed by atoms with Crippen LogP contribution in [0.4, 0.5) is 0 Å². The highest BCUT2D eigenvalue weighted by Crippen LogP contribution is 2.11.